The Bertz CT molecular complexity index is 1020. The molecule has 0 saturated heterocycles. The number of benzene rings is 2. The van der Waals surface area contributed by atoms with Gasteiger partial charge in [-0.2, -0.15) is 0 Å². The van der Waals surface area contributed by atoms with E-state index in [9.17, 15) is 14.4 Å². The van der Waals surface area contributed by atoms with Crippen molar-refractivity contribution in [2.75, 3.05) is 20.3 Å². The van der Waals surface area contributed by atoms with Crippen LogP contribution in [0.15, 0.2) is 48.5 Å². The first-order valence-corrected chi connectivity index (χ1v) is 10.5. The molecule has 0 aromatic heterocycles. The highest BCUT2D eigenvalue weighted by atomic mass is 16.5. The average molecular weight is 450 g/mol. The number of terminal acetylenes is 1. The molecule has 2 aromatic rings. The first-order chi connectivity index (χ1) is 16.0. The zero-order chi connectivity index (χ0) is 23.8. The smallest absolute Gasteiger partial charge is 0.407 e. The molecular formula is C25H26N2O6. The number of hydrogen-bond acceptors (Lipinski definition) is 5. The summed E-state index contributed by atoms with van der Waals surface area (Å²) in [6.45, 7) is 0.288. The molecular weight excluding hydrogens is 424 g/mol. The molecule has 2 unspecified atom stereocenters. The summed E-state index contributed by atoms with van der Waals surface area (Å²) >= 11 is 0. The highest BCUT2D eigenvalue weighted by molar-refractivity contribution is 5.86. The molecule has 0 bridgehead atoms. The largest absolute Gasteiger partial charge is 0.480 e. The number of methoxy groups -OCH3 is 1. The summed E-state index contributed by atoms with van der Waals surface area (Å²) in [6, 6.07) is 14.9. The van der Waals surface area contributed by atoms with E-state index in [4.69, 9.17) is 21.0 Å². The van der Waals surface area contributed by atoms with E-state index in [1.54, 1.807) is 0 Å². The molecule has 3 rings (SSSR count). The molecule has 0 aliphatic heterocycles. The van der Waals surface area contributed by atoms with Gasteiger partial charge in [0.1, 0.15) is 18.8 Å². The zero-order valence-electron chi connectivity index (χ0n) is 18.2. The van der Waals surface area contributed by atoms with Gasteiger partial charge in [-0.25, -0.2) is 9.59 Å². The minimum Gasteiger partial charge on any atom is -0.480 e. The minimum atomic E-state index is -1.23. The number of carbonyl (C=O) groups is 3. The number of alkyl carbamates (subject to hydrolysis) is 1. The number of ether oxygens (including phenoxy) is 2. The second-order valence-corrected chi connectivity index (χ2v) is 7.57. The molecule has 2 aromatic carbocycles. The molecule has 0 heterocycles. The lowest BCUT2D eigenvalue weighted by molar-refractivity contribution is -0.143. The predicted molar refractivity (Wildman–Crippen MR) is 122 cm³/mol. The van der Waals surface area contributed by atoms with E-state index in [0.717, 1.165) is 22.3 Å². The Balaban J connectivity index is 1.49. The van der Waals surface area contributed by atoms with Crippen LogP contribution in [0.5, 0.6) is 0 Å². The summed E-state index contributed by atoms with van der Waals surface area (Å²) in [5.74, 6) is 0.313. The number of nitrogens with one attached hydrogen (secondary N) is 2. The third-order valence-corrected chi connectivity index (χ3v) is 5.53. The molecule has 1 aliphatic carbocycles. The lowest BCUT2D eigenvalue weighted by Crippen LogP contribution is -2.46. The predicted octanol–water partition coefficient (Wildman–Crippen LogP) is 2.52. The summed E-state index contributed by atoms with van der Waals surface area (Å²) in [5, 5.41) is 14.0. The lowest BCUT2D eigenvalue weighted by Gasteiger charge is -2.19. The van der Waals surface area contributed by atoms with Crippen molar-refractivity contribution in [3.05, 3.63) is 59.7 Å². The molecule has 8 nitrogen and oxygen atoms in total. The van der Waals surface area contributed by atoms with Crippen molar-refractivity contribution in [3.8, 4) is 23.5 Å². The van der Waals surface area contributed by atoms with Crippen LogP contribution in [0.2, 0.25) is 0 Å². The Morgan fingerprint density at radius 1 is 1.09 bits per heavy atom. The second kappa shape index (κ2) is 11.2. The van der Waals surface area contributed by atoms with Crippen molar-refractivity contribution in [1.82, 2.24) is 10.6 Å². The fraction of sp³-hybridized carbons (Fsp3) is 0.320. The van der Waals surface area contributed by atoms with Gasteiger partial charge in [-0.15, -0.1) is 12.3 Å². The topological polar surface area (TPSA) is 114 Å². The number of carbonyl (C=O) groups excluding carboxylic acids is 2. The van der Waals surface area contributed by atoms with Gasteiger partial charge in [0.2, 0.25) is 5.91 Å². The number of amides is 2. The third-order valence-electron chi connectivity index (χ3n) is 5.53. The number of hydrogen-bond donors (Lipinski definition) is 3. The van der Waals surface area contributed by atoms with Gasteiger partial charge >= 0.3 is 12.1 Å². The summed E-state index contributed by atoms with van der Waals surface area (Å²) in [4.78, 5) is 35.7. The maximum atomic E-state index is 12.3. The molecule has 0 spiro atoms. The van der Waals surface area contributed by atoms with Crippen molar-refractivity contribution >= 4 is 18.0 Å². The van der Waals surface area contributed by atoms with Crippen molar-refractivity contribution in [1.29, 1.82) is 0 Å². The molecule has 0 radical (unpaired) electrons. The van der Waals surface area contributed by atoms with Gasteiger partial charge < -0.3 is 25.2 Å². The molecule has 0 fully saturated rings. The van der Waals surface area contributed by atoms with Crippen LogP contribution < -0.4 is 10.6 Å². The van der Waals surface area contributed by atoms with Gasteiger partial charge in [0, 0.05) is 32.4 Å². The Morgan fingerprint density at radius 3 is 2.24 bits per heavy atom. The molecule has 172 valence electrons. The summed E-state index contributed by atoms with van der Waals surface area (Å²) in [5.41, 5.74) is 4.51. The lowest BCUT2D eigenvalue weighted by atomic mass is 9.98. The highest BCUT2D eigenvalue weighted by Gasteiger charge is 2.29. The maximum absolute atomic E-state index is 12.3. The van der Waals surface area contributed by atoms with Crippen LogP contribution in [0, 0.1) is 12.3 Å². The Hall–Kier alpha value is -3.83. The van der Waals surface area contributed by atoms with E-state index in [-0.39, 0.29) is 31.9 Å². The van der Waals surface area contributed by atoms with Gasteiger partial charge in [-0.05, 0) is 22.3 Å². The van der Waals surface area contributed by atoms with Gasteiger partial charge in [0.25, 0.3) is 0 Å². The van der Waals surface area contributed by atoms with E-state index in [1.165, 1.54) is 7.11 Å². The molecule has 8 heteroatoms. The Morgan fingerprint density at radius 2 is 1.70 bits per heavy atom. The van der Waals surface area contributed by atoms with Gasteiger partial charge in [-0.3, -0.25) is 4.79 Å². The third kappa shape index (κ3) is 5.70. The molecule has 0 saturated carbocycles. The first kappa shape index (κ1) is 23.8. The SMILES string of the molecule is C#CCC(NC(=O)C(CCNC(=O)OCC1c2ccccc2-c2ccccc21)OC)C(=O)O. The standard InChI is InChI=1S/C25H26N2O6/c1-3-8-21(24(29)30)27-23(28)22(32-2)13-14-26-25(31)33-15-20-18-11-6-4-9-16(18)17-10-5-7-12-19(17)20/h1,4-7,9-12,20-22H,8,13-15H2,2H3,(H,26,31)(H,27,28)(H,29,30). The van der Waals surface area contributed by atoms with Crippen LogP contribution in [0.3, 0.4) is 0 Å². The number of rotatable bonds is 10. The summed E-state index contributed by atoms with van der Waals surface area (Å²) in [6.07, 6.45) is 3.57. The number of aliphatic carboxylic acids is 1. The molecule has 33 heavy (non-hydrogen) atoms. The van der Waals surface area contributed by atoms with E-state index < -0.39 is 30.1 Å². The molecule has 2 atom stereocenters. The van der Waals surface area contributed by atoms with E-state index in [1.807, 2.05) is 36.4 Å². The summed E-state index contributed by atoms with van der Waals surface area (Å²) < 4.78 is 10.6. The van der Waals surface area contributed by atoms with Gasteiger partial charge in [-0.1, -0.05) is 48.5 Å². The Labute approximate surface area is 192 Å². The monoisotopic (exact) mass is 450 g/mol. The molecule has 2 amide bonds. The van der Waals surface area contributed by atoms with Gasteiger partial charge in [0.15, 0.2) is 0 Å². The highest BCUT2D eigenvalue weighted by Crippen LogP contribution is 2.44. The second-order valence-electron chi connectivity index (χ2n) is 7.57. The fourth-order valence-electron chi connectivity index (χ4n) is 3.89. The Kier molecular flexibility index (Phi) is 8.06. The first-order valence-electron chi connectivity index (χ1n) is 10.5. The minimum absolute atomic E-state index is 0.0511. The van der Waals surface area contributed by atoms with Crippen LogP contribution in [0.25, 0.3) is 11.1 Å². The number of carboxylic acid groups (broad SMARTS) is 1. The van der Waals surface area contributed by atoms with E-state index >= 15 is 0 Å². The molecule has 1 aliphatic rings. The quantitative estimate of drug-likeness (QED) is 0.480. The van der Waals surface area contributed by atoms with Crippen molar-refractivity contribution in [2.24, 2.45) is 0 Å². The van der Waals surface area contributed by atoms with Crippen LogP contribution >= 0.6 is 0 Å². The number of fused-ring (bicyclic) bond motifs is 3. The molecule has 3 N–H and O–H groups in total. The van der Waals surface area contributed by atoms with E-state index in [0.29, 0.717) is 0 Å². The zero-order valence-corrected chi connectivity index (χ0v) is 18.2. The van der Waals surface area contributed by atoms with Crippen molar-refractivity contribution < 1.29 is 29.0 Å². The average Bonchev–Trinajstić information content (AvgIpc) is 3.13. The van der Waals surface area contributed by atoms with Crippen LogP contribution in [-0.4, -0.2) is 55.5 Å². The fourth-order valence-corrected chi connectivity index (χ4v) is 3.89. The van der Waals surface area contributed by atoms with Crippen LogP contribution in [0.1, 0.15) is 29.9 Å². The maximum Gasteiger partial charge on any atom is 0.407 e. The van der Waals surface area contributed by atoms with Gasteiger partial charge in [0.05, 0.1) is 0 Å². The number of carboxylic acids is 1. The normalized spacial score (nSPS) is 13.7. The van der Waals surface area contributed by atoms with Crippen molar-refractivity contribution in [3.63, 3.8) is 0 Å². The van der Waals surface area contributed by atoms with Crippen molar-refractivity contribution in [2.45, 2.75) is 30.9 Å². The van der Waals surface area contributed by atoms with E-state index in [2.05, 4.69) is 28.7 Å². The van der Waals surface area contributed by atoms with Crippen LogP contribution in [0.4, 0.5) is 4.79 Å². The summed E-state index contributed by atoms with van der Waals surface area (Å²) in [7, 11) is 1.33. The van der Waals surface area contributed by atoms with Crippen LogP contribution in [-0.2, 0) is 19.1 Å².